The second kappa shape index (κ2) is 13.8. The molecule has 0 saturated carbocycles. The van der Waals surface area contributed by atoms with E-state index >= 15 is 0 Å². The summed E-state index contributed by atoms with van der Waals surface area (Å²) in [5.41, 5.74) is 5.33. The molecule has 0 aliphatic heterocycles. The maximum atomic E-state index is 13.3. The van der Waals surface area contributed by atoms with Crippen molar-refractivity contribution in [2.45, 2.75) is 63.8 Å². The smallest absolute Gasteiger partial charge is 0.407 e. The molecule has 0 saturated heterocycles. The van der Waals surface area contributed by atoms with Crippen LogP contribution >= 0.6 is 0 Å². The lowest BCUT2D eigenvalue weighted by Gasteiger charge is -2.27. The number of benzene rings is 3. The number of hydrogen-bond acceptors (Lipinski definition) is 5. The average Bonchev–Trinajstić information content (AvgIpc) is 3.27. The monoisotopic (exact) mass is 544 g/mol. The molecule has 3 aromatic carbocycles. The van der Waals surface area contributed by atoms with Gasteiger partial charge in [0.1, 0.15) is 12.6 Å². The summed E-state index contributed by atoms with van der Waals surface area (Å²) in [5.74, 6) is -1.65. The topological polar surface area (TPSA) is 114 Å². The highest BCUT2D eigenvalue weighted by molar-refractivity contribution is 5.87. The van der Waals surface area contributed by atoms with Crippen LogP contribution in [0.4, 0.5) is 4.79 Å². The summed E-state index contributed by atoms with van der Waals surface area (Å²) in [6, 6.07) is 23.9. The molecule has 3 aromatic rings. The largest absolute Gasteiger partial charge is 0.481 e. The van der Waals surface area contributed by atoms with Crippen LogP contribution in [0.15, 0.2) is 78.9 Å². The van der Waals surface area contributed by atoms with Gasteiger partial charge < -0.3 is 25.2 Å². The molecule has 1 aliphatic carbocycles. The Hall–Kier alpha value is -4.17. The molecule has 1 aliphatic rings. The van der Waals surface area contributed by atoms with Gasteiger partial charge in [-0.3, -0.25) is 9.59 Å². The third-order valence-electron chi connectivity index (χ3n) is 7.13. The fraction of sp³-hybridized carbons (Fsp3) is 0.344. The number of carbonyl (C=O) groups is 3. The molecule has 0 fully saturated rings. The third kappa shape index (κ3) is 7.27. The number of hydrogen-bond donors (Lipinski definition) is 3. The Bertz CT molecular complexity index is 1270. The second-order valence-corrected chi connectivity index (χ2v) is 10.0. The van der Waals surface area contributed by atoms with Gasteiger partial charge in [0.25, 0.3) is 0 Å². The summed E-state index contributed by atoms with van der Waals surface area (Å²) in [5, 5.41) is 14.7. The zero-order chi connectivity index (χ0) is 28.5. The summed E-state index contributed by atoms with van der Waals surface area (Å²) in [6.45, 7) is 3.96. The molecule has 2 unspecified atom stereocenters. The normalized spacial score (nSPS) is 14.3. The molecule has 0 spiro atoms. The number of carboxylic acids is 1. The molecule has 8 heteroatoms. The van der Waals surface area contributed by atoms with E-state index in [-0.39, 0.29) is 25.6 Å². The minimum absolute atomic E-state index is 0.102. The molecule has 3 atom stereocenters. The molecule has 0 aromatic heterocycles. The molecular weight excluding hydrogens is 508 g/mol. The quantitative estimate of drug-likeness (QED) is 0.271. The third-order valence-corrected chi connectivity index (χ3v) is 7.13. The van der Waals surface area contributed by atoms with Gasteiger partial charge in [0.2, 0.25) is 5.91 Å². The Labute approximate surface area is 234 Å². The van der Waals surface area contributed by atoms with Crippen LogP contribution in [0.3, 0.4) is 0 Å². The maximum absolute atomic E-state index is 13.3. The molecular formula is C32H36N2O6. The van der Waals surface area contributed by atoms with Crippen LogP contribution in [0.5, 0.6) is 0 Å². The van der Waals surface area contributed by atoms with Crippen LogP contribution < -0.4 is 10.6 Å². The van der Waals surface area contributed by atoms with Gasteiger partial charge in [-0.05, 0) is 41.2 Å². The van der Waals surface area contributed by atoms with E-state index < -0.39 is 36.2 Å². The second-order valence-electron chi connectivity index (χ2n) is 10.0. The molecule has 40 heavy (non-hydrogen) atoms. The van der Waals surface area contributed by atoms with Crippen LogP contribution in [0.25, 0.3) is 11.1 Å². The number of alkyl carbamates (subject to hydrolysis) is 1. The minimum atomic E-state index is -1.09. The molecule has 2 amide bonds. The summed E-state index contributed by atoms with van der Waals surface area (Å²) in [4.78, 5) is 37.7. The zero-order valence-electron chi connectivity index (χ0n) is 22.8. The van der Waals surface area contributed by atoms with Crippen molar-refractivity contribution in [2.24, 2.45) is 0 Å². The lowest BCUT2D eigenvalue weighted by atomic mass is 9.98. The Morgan fingerprint density at radius 1 is 0.875 bits per heavy atom. The van der Waals surface area contributed by atoms with E-state index in [1.165, 1.54) is 0 Å². The Morgan fingerprint density at radius 3 is 2.08 bits per heavy atom. The minimum Gasteiger partial charge on any atom is -0.481 e. The summed E-state index contributed by atoms with van der Waals surface area (Å²) in [7, 11) is 0. The van der Waals surface area contributed by atoms with Gasteiger partial charge in [-0.2, -0.15) is 0 Å². The SMILES string of the molecule is CCC[C@H](CC(=O)O)NC(=O)C(NC(=O)OCC1c2ccccc2-c2ccccc21)C(C)OCc1ccccc1. The Kier molecular flexibility index (Phi) is 9.91. The summed E-state index contributed by atoms with van der Waals surface area (Å²) in [6.07, 6.45) is -0.482. The Balaban J connectivity index is 1.45. The van der Waals surface area contributed by atoms with Crippen LogP contribution in [0.1, 0.15) is 55.7 Å². The number of ether oxygens (including phenoxy) is 2. The lowest BCUT2D eigenvalue weighted by Crippen LogP contribution is -2.55. The van der Waals surface area contributed by atoms with E-state index in [0.717, 1.165) is 27.8 Å². The van der Waals surface area contributed by atoms with Gasteiger partial charge in [0.05, 0.1) is 19.1 Å². The molecule has 8 nitrogen and oxygen atoms in total. The predicted octanol–water partition coefficient (Wildman–Crippen LogP) is 5.26. The fourth-order valence-corrected chi connectivity index (χ4v) is 5.14. The van der Waals surface area contributed by atoms with Crippen molar-refractivity contribution < 1.29 is 29.0 Å². The van der Waals surface area contributed by atoms with E-state index in [9.17, 15) is 19.5 Å². The molecule has 210 valence electrons. The van der Waals surface area contributed by atoms with Gasteiger partial charge in [0.15, 0.2) is 0 Å². The van der Waals surface area contributed by atoms with Crippen molar-refractivity contribution >= 4 is 18.0 Å². The van der Waals surface area contributed by atoms with Crippen molar-refractivity contribution in [3.63, 3.8) is 0 Å². The van der Waals surface area contributed by atoms with E-state index in [1.807, 2.05) is 73.7 Å². The number of nitrogens with one attached hydrogen (secondary N) is 2. The molecule has 3 N–H and O–H groups in total. The highest BCUT2D eigenvalue weighted by atomic mass is 16.5. The first-order valence-corrected chi connectivity index (χ1v) is 13.7. The maximum Gasteiger partial charge on any atom is 0.407 e. The first-order chi connectivity index (χ1) is 19.4. The van der Waals surface area contributed by atoms with Crippen molar-refractivity contribution in [1.82, 2.24) is 10.6 Å². The first kappa shape index (κ1) is 28.8. The highest BCUT2D eigenvalue weighted by Gasteiger charge is 2.32. The van der Waals surface area contributed by atoms with Crippen molar-refractivity contribution in [1.29, 1.82) is 0 Å². The van der Waals surface area contributed by atoms with E-state index in [4.69, 9.17) is 9.47 Å². The molecule has 4 rings (SSSR count). The summed E-state index contributed by atoms with van der Waals surface area (Å²) < 4.78 is 11.6. The number of fused-ring (bicyclic) bond motifs is 3. The average molecular weight is 545 g/mol. The van der Waals surface area contributed by atoms with Crippen LogP contribution in [-0.4, -0.2) is 47.9 Å². The predicted molar refractivity (Wildman–Crippen MR) is 152 cm³/mol. The summed E-state index contributed by atoms with van der Waals surface area (Å²) >= 11 is 0. The van der Waals surface area contributed by atoms with Crippen LogP contribution in [0, 0.1) is 0 Å². The van der Waals surface area contributed by atoms with E-state index in [0.29, 0.717) is 12.8 Å². The van der Waals surface area contributed by atoms with Gasteiger partial charge >= 0.3 is 12.1 Å². The number of carboxylic acid groups (broad SMARTS) is 1. The van der Waals surface area contributed by atoms with Crippen molar-refractivity contribution in [3.8, 4) is 11.1 Å². The van der Waals surface area contributed by atoms with Crippen LogP contribution in [0.2, 0.25) is 0 Å². The number of aliphatic carboxylic acids is 1. The zero-order valence-corrected chi connectivity index (χ0v) is 22.8. The first-order valence-electron chi connectivity index (χ1n) is 13.7. The fourth-order valence-electron chi connectivity index (χ4n) is 5.14. The lowest BCUT2D eigenvalue weighted by molar-refractivity contribution is -0.138. The Morgan fingerprint density at radius 2 is 1.48 bits per heavy atom. The van der Waals surface area contributed by atoms with Gasteiger partial charge in [-0.1, -0.05) is 92.2 Å². The van der Waals surface area contributed by atoms with Crippen molar-refractivity contribution in [2.75, 3.05) is 6.61 Å². The standard InChI is InChI=1S/C32H36N2O6/c1-3-11-23(18-29(35)36)33-31(37)30(21(2)39-19-22-12-5-4-6-13-22)34-32(38)40-20-28-26-16-9-7-14-24(26)25-15-8-10-17-27(25)28/h4-10,12-17,21,23,28,30H,3,11,18-20H2,1-2H3,(H,33,37)(H,34,38)(H,35,36)/t21?,23-,30?/m1/s1. The van der Waals surface area contributed by atoms with Crippen LogP contribution in [-0.2, 0) is 25.7 Å². The number of carbonyl (C=O) groups excluding carboxylic acids is 2. The van der Waals surface area contributed by atoms with Gasteiger partial charge in [-0.15, -0.1) is 0 Å². The number of rotatable bonds is 13. The van der Waals surface area contributed by atoms with Gasteiger partial charge in [-0.25, -0.2) is 4.79 Å². The molecule has 0 heterocycles. The van der Waals surface area contributed by atoms with Gasteiger partial charge in [0, 0.05) is 12.0 Å². The number of amides is 2. The molecule has 0 bridgehead atoms. The highest BCUT2D eigenvalue weighted by Crippen LogP contribution is 2.44. The molecule has 0 radical (unpaired) electrons. The van der Waals surface area contributed by atoms with Crippen molar-refractivity contribution in [3.05, 3.63) is 95.6 Å². The van der Waals surface area contributed by atoms with E-state index in [2.05, 4.69) is 22.8 Å². The van der Waals surface area contributed by atoms with E-state index in [1.54, 1.807) is 6.92 Å².